The number of nitrogens with zero attached hydrogens (tertiary/aromatic N) is 1. The largest absolute Gasteiger partial charge is 0.480 e. The van der Waals surface area contributed by atoms with Crippen LogP contribution in [0.1, 0.15) is 65.2 Å². The van der Waals surface area contributed by atoms with Crippen molar-refractivity contribution < 1.29 is 14.7 Å². The molecule has 0 spiro atoms. The van der Waals surface area contributed by atoms with Gasteiger partial charge in [0, 0.05) is 12.5 Å². The second-order valence-electron chi connectivity index (χ2n) is 5.51. The topological polar surface area (TPSA) is 57.6 Å². The third kappa shape index (κ3) is 4.51. The summed E-state index contributed by atoms with van der Waals surface area (Å²) in [4.78, 5) is 25.6. The van der Waals surface area contributed by atoms with E-state index in [-0.39, 0.29) is 11.8 Å². The number of hydrogen-bond acceptors (Lipinski definition) is 2. The number of amides is 1. The third-order valence-corrected chi connectivity index (χ3v) is 3.94. The van der Waals surface area contributed by atoms with Crippen LogP contribution in [0, 0.1) is 5.92 Å². The average Bonchev–Trinajstić information content (AvgIpc) is 2.63. The monoisotopic (exact) mass is 269 g/mol. The van der Waals surface area contributed by atoms with Crippen molar-refractivity contribution in [2.45, 2.75) is 71.3 Å². The van der Waals surface area contributed by atoms with E-state index in [2.05, 4.69) is 13.8 Å². The predicted molar refractivity (Wildman–Crippen MR) is 74.9 cm³/mol. The number of rotatable bonds is 6. The Bertz CT molecular complexity index is 298. The zero-order valence-corrected chi connectivity index (χ0v) is 12.2. The molecule has 110 valence electrons. The van der Waals surface area contributed by atoms with Gasteiger partial charge in [-0.1, -0.05) is 39.5 Å². The van der Waals surface area contributed by atoms with Gasteiger partial charge in [-0.2, -0.15) is 0 Å². The van der Waals surface area contributed by atoms with Gasteiger partial charge >= 0.3 is 5.97 Å². The van der Waals surface area contributed by atoms with E-state index in [1.165, 1.54) is 0 Å². The molecule has 0 bridgehead atoms. The highest BCUT2D eigenvalue weighted by Gasteiger charge is 2.33. The van der Waals surface area contributed by atoms with Crippen LogP contribution in [-0.2, 0) is 9.59 Å². The van der Waals surface area contributed by atoms with E-state index in [1.807, 2.05) is 0 Å². The molecule has 1 saturated heterocycles. The molecule has 1 atom stereocenters. The summed E-state index contributed by atoms with van der Waals surface area (Å²) in [5.74, 6) is -0.769. The van der Waals surface area contributed by atoms with Crippen LogP contribution in [0.4, 0.5) is 0 Å². The van der Waals surface area contributed by atoms with Crippen LogP contribution in [0.3, 0.4) is 0 Å². The molecule has 4 nitrogen and oxygen atoms in total. The van der Waals surface area contributed by atoms with Crippen LogP contribution in [0.2, 0.25) is 0 Å². The molecular weight excluding hydrogens is 242 g/mol. The third-order valence-electron chi connectivity index (χ3n) is 3.94. The molecule has 0 aromatic heterocycles. The lowest BCUT2D eigenvalue weighted by Gasteiger charge is -2.30. The number of carboxylic acids is 1. The van der Waals surface area contributed by atoms with Crippen molar-refractivity contribution in [2.75, 3.05) is 6.54 Å². The molecule has 0 aromatic rings. The summed E-state index contributed by atoms with van der Waals surface area (Å²) < 4.78 is 0. The Labute approximate surface area is 116 Å². The molecule has 1 rings (SSSR count). The molecule has 1 N–H and O–H groups in total. The van der Waals surface area contributed by atoms with Crippen molar-refractivity contribution in [3.05, 3.63) is 0 Å². The molecule has 0 radical (unpaired) electrons. The van der Waals surface area contributed by atoms with Gasteiger partial charge in [0.1, 0.15) is 6.04 Å². The Morgan fingerprint density at radius 3 is 2.32 bits per heavy atom. The molecule has 1 aliphatic rings. The lowest BCUT2D eigenvalue weighted by molar-refractivity contribution is -0.152. The lowest BCUT2D eigenvalue weighted by atomic mass is 9.95. The Morgan fingerprint density at radius 1 is 1.16 bits per heavy atom. The van der Waals surface area contributed by atoms with Gasteiger partial charge in [0.2, 0.25) is 5.91 Å². The van der Waals surface area contributed by atoms with Crippen molar-refractivity contribution in [2.24, 2.45) is 5.92 Å². The number of carbonyl (C=O) groups is 2. The minimum Gasteiger partial charge on any atom is -0.480 e. The van der Waals surface area contributed by atoms with Crippen molar-refractivity contribution in [1.29, 1.82) is 0 Å². The first kappa shape index (κ1) is 16.0. The van der Waals surface area contributed by atoms with Gasteiger partial charge in [-0.3, -0.25) is 4.79 Å². The fourth-order valence-corrected chi connectivity index (χ4v) is 2.95. The molecule has 19 heavy (non-hydrogen) atoms. The maximum absolute atomic E-state index is 12.6. The highest BCUT2D eigenvalue weighted by Crippen LogP contribution is 2.23. The maximum Gasteiger partial charge on any atom is 0.326 e. The second kappa shape index (κ2) is 8.18. The Hall–Kier alpha value is -1.06. The molecule has 1 aliphatic heterocycles. The molecule has 0 saturated carbocycles. The summed E-state index contributed by atoms with van der Waals surface area (Å²) in [5.41, 5.74) is 0. The standard InChI is InChI=1S/C15H27NO3/c1-3-8-12(9-4-2)14(17)16-11-7-5-6-10-13(16)15(18)19/h12-13H,3-11H2,1-2H3,(H,18,19). The zero-order chi connectivity index (χ0) is 14.3. The summed E-state index contributed by atoms with van der Waals surface area (Å²) in [6.07, 6.45) is 7.16. The van der Waals surface area contributed by atoms with E-state index in [9.17, 15) is 14.7 Å². The summed E-state index contributed by atoms with van der Waals surface area (Å²) in [5, 5.41) is 9.33. The molecule has 4 heteroatoms. The van der Waals surface area contributed by atoms with Gasteiger partial charge in [0.15, 0.2) is 0 Å². The first-order chi connectivity index (χ1) is 9.11. The number of hydrogen-bond donors (Lipinski definition) is 1. The van der Waals surface area contributed by atoms with Gasteiger partial charge in [-0.05, 0) is 25.7 Å². The van der Waals surface area contributed by atoms with Gasteiger partial charge in [0.25, 0.3) is 0 Å². The SMILES string of the molecule is CCCC(CCC)C(=O)N1CCCCCC1C(=O)O. The van der Waals surface area contributed by atoms with E-state index < -0.39 is 12.0 Å². The van der Waals surface area contributed by atoms with Crippen LogP contribution in [0.25, 0.3) is 0 Å². The van der Waals surface area contributed by atoms with Gasteiger partial charge < -0.3 is 10.0 Å². The summed E-state index contributed by atoms with van der Waals surface area (Å²) in [6, 6.07) is -0.605. The number of carboxylic acid groups (broad SMARTS) is 1. The predicted octanol–water partition coefficient (Wildman–Crippen LogP) is 3.06. The van der Waals surface area contributed by atoms with Gasteiger partial charge in [-0.25, -0.2) is 4.79 Å². The van der Waals surface area contributed by atoms with E-state index in [0.29, 0.717) is 13.0 Å². The van der Waals surface area contributed by atoms with E-state index >= 15 is 0 Å². The highest BCUT2D eigenvalue weighted by molar-refractivity contribution is 5.85. The van der Waals surface area contributed by atoms with Gasteiger partial charge in [0.05, 0.1) is 0 Å². The van der Waals surface area contributed by atoms with E-state index in [1.54, 1.807) is 4.90 Å². The molecular formula is C15H27NO3. The van der Waals surface area contributed by atoms with Crippen LogP contribution in [-0.4, -0.2) is 34.5 Å². The molecule has 1 unspecified atom stereocenters. The first-order valence-electron chi connectivity index (χ1n) is 7.65. The Balaban J connectivity index is 2.80. The Kier molecular flexibility index (Phi) is 6.89. The fourth-order valence-electron chi connectivity index (χ4n) is 2.95. The quantitative estimate of drug-likeness (QED) is 0.806. The van der Waals surface area contributed by atoms with Crippen LogP contribution in [0.15, 0.2) is 0 Å². The number of aliphatic carboxylic acids is 1. The zero-order valence-electron chi connectivity index (χ0n) is 12.2. The van der Waals surface area contributed by atoms with Crippen molar-refractivity contribution >= 4 is 11.9 Å². The summed E-state index contributed by atoms with van der Waals surface area (Å²) >= 11 is 0. The van der Waals surface area contributed by atoms with Crippen LogP contribution >= 0.6 is 0 Å². The molecule has 0 aromatic carbocycles. The second-order valence-corrected chi connectivity index (χ2v) is 5.51. The maximum atomic E-state index is 12.6. The number of likely N-dealkylation sites (tertiary alicyclic amines) is 1. The summed E-state index contributed by atoms with van der Waals surface area (Å²) in [7, 11) is 0. The molecule has 1 amide bonds. The minimum absolute atomic E-state index is 0.00921. The smallest absolute Gasteiger partial charge is 0.326 e. The van der Waals surface area contributed by atoms with E-state index in [4.69, 9.17) is 0 Å². The van der Waals surface area contributed by atoms with E-state index in [0.717, 1.165) is 44.9 Å². The highest BCUT2D eigenvalue weighted by atomic mass is 16.4. The Morgan fingerprint density at radius 2 is 1.79 bits per heavy atom. The normalized spacial score (nSPS) is 20.4. The molecule has 1 heterocycles. The average molecular weight is 269 g/mol. The first-order valence-corrected chi connectivity index (χ1v) is 7.65. The number of carbonyl (C=O) groups excluding carboxylic acids is 1. The lowest BCUT2D eigenvalue weighted by Crippen LogP contribution is -2.47. The molecule has 0 aliphatic carbocycles. The van der Waals surface area contributed by atoms with Crippen molar-refractivity contribution in [1.82, 2.24) is 4.90 Å². The van der Waals surface area contributed by atoms with Crippen molar-refractivity contribution in [3.8, 4) is 0 Å². The fraction of sp³-hybridized carbons (Fsp3) is 0.867. The minimum atomic E-state index is -0.845. The van der Waals surface area contributed by atoms with Gasteiger partial charge in [-0.15, -0.1) is 0 Å². The van der Waals surface area contributed by atoms with Crippen LogP contribution < -0.4 is 0 Å². The molecule has 1 fully saturated rings. The van der Waals surface area contributed by atoms with Crippen molar-refractivity contribution in [3.63, 3.8) is 0 Å². The van der Waals surface area contributed by atoms with Crippen LogP contribution in [0.5, 0.6) is 0 Å². The summed E-state index contributed by atoms with van der Waals surface area (Å²) in [6.45, 7) is 4.76.